The van der Waals surface area contributed by atoms with Crippen LogP contribution in [0.25, 0.3) is 0 Å². The molecule has 1 aromatic carbocycles. The summed E-state index contributed by atoms with van der Waals surface area (Å²) in [6.45, 7) is 1.68. The van der Waals surface area contributed by atoms with Crippen LogP contribution in [0.5, 0.6) is 0 Å². The van der Waals surface area contributed by atoms with E-state index in [0.29, 0.717) is 0 Å². The molecule has 0 spiro atoms. The lowest BCUT2D eigenvalue weighted by atomic mass is 10.0. The van der Waals surface area contributed by atoms with Crippen LogP contribution in [0.4, 0.5) is 22.0 Å². The Morgan fingerprint density at radius 3 is 1.65 bits per heavy atom. The summed E-state index contributed by atoms with van der Waals surface area (Å²) in [5, 5.41) is 0. The minimum Gasteiger partial charge on any atom is -0.221 e. The van der Waals surface area contributed by atoms with Gasteiger partial charge in [0, 0.05) is 5.56 Å². The summed E-state index contributed by atoms with van der Waals surface area (Å²) < 4.78 is 57.1. The smallest absolute Gasteiger partial charge is 0.221 e. The zero-order valence-corrected chi connectivity index (χ0v) is 11.6. The molecule has 0 radical (unpaired) electrons. The van der Waals surface area contributed by atoms with Gasteiger partial charge in [-0.2, -0.15) is 13.2 Å². The summed E-state index contributed by atoms with van der Waals surface area (Å²) in [7, 11) is 0. The van der Waals surface area contributed by atoms with Gasteiger partial charge in [0.15, 0.2) is 0 Å². The number of rotatable bonds is 2. The van der Waals surface area contributed by atoms with Crippen LogP contribution in [0.3, 0.4) is 0 Å². The molecule has 0 N–H and O–H groups in total. The van der Waals surface area contributed by atoms with E-state index in [1.165, 1.54) is 12.1 Å². The molecule has 0 unspecified atom stereocenters. The Bertz CT molecular complexity index is 394. The second-order valence-electron chi connectivity index (χ2n) is 3.51. The molecule has 0 amide bonds. The Morgan fingerprint density at radius 2 is 1.29 bits per heavy atom. The van der Waals surface area contributed by atoms with Crippen molar-refractivity contribution in [3.8, 4) is 0 Å². The maximum absolute atomic E-state index is 14.0. The zero-order valence-electron chi connectivity index (χ0n) is 8.46. The van der Waals surface area contributed by atoms with Crippen LogP contribution in [0, 0.1) is 6.92 Å². The van der Waals surface area contributed by atoms with Crippen molar-refractivity contribution >= 4 is 31.9 Å². The lowest BCUT2D eigenvalue weighted by Crippen LogP contribution is -2.47. The first-order valence-electron chi connectivity index (χ1n) is 4.39. The standard InChI is InChI=1S/C10H7Br2F5/c1-6-2-4-7(5-3-6)8(11,13)9(12,14)10(15,16)17/h2-5H,1H3/t8-,9-/m0/s1. The fourth-order valence-electron chi connectivity index (χ4n) is 1.12. The third-order valence-electron chi connectivity index (χ3n) is 2.16. The molecule has 0 fully saturated rings. The predicted molar refractivity (Wildman–Crippen MR) is 61.7 cm³/mol. The van der Waals surface area contributed by atoms with Gasteiger partial charge in [0.2, 0.25) is 4.58 Å². The van der Waals surface area contributed by atoms with Crippen LogP contribution in [0.1, 0.15) is 11.1 Å². The minimum absolute atomic E-state index is 0.459. The van der Waals surface area contributed by atoms with Crippen molar-refractivity contribution < 1.29 is 22.0 Å². The van der Waals surface area contributed by atoms with Crippen LogP contribution < -0.4 is 0 Å². The van der Waals surface area contributed by atoms with E-state index in [2.05, 4.69) is 15.9 Å². The molecule has 7 heteroatoms. The fraction of sp³-hybridized carbons (Fsp3) is 0.400. The molecule has 0 heterocycles. The van der Waals surface area contributed by atoms with Crippen molar-refractivity contribution in [2.45, 2.75) is 22.3 Å². The largest absolute Gasteiger partial charge is 0.437 e. The minimum atomic E-state index is -5.39. The number of benzene rings is 1. The second kappa shape index (κ2) is 4.50. The van der Waals surface area contributed by atoms with E-state index >= 15 is 0 Å². The molecule has 0 aliphatic heterocycles. The Morgan fingerprint density at radius 1 is 0.882 bits per heavy atom. The van der Waals surface area contributed by atoms with Crippen LogP contribution in [-0.2, 0) is 4.58 Å². The molecule has 1 rings (SSSR count). The number of hydrogen-bond donors (Lipinski definition) is 0. The molecule has 0 saturated heterocycles. The van der Waals surface area contributed by atoms with Gasteiger partial charge in [0.1, 0.15) is 0 Å². The summed E-state index contributed by atoms with van der Waals surface area (Å²) in [4.78, 5) is 0. The van der Waals surface area contributed by atoms with E-state index in [9.17, 15) is 22.0 Å². The number of aryl methyl sites for hydroxylation is 1. The molecule has 17 heavy (non-hydrogen) atoms. The van der Waals surface area contributed by atoms with Crippen molar-refractivity contribution in [3.05, 3.63) is 35.4 Å². The van der Waals surface area contributed by atoms with Gasteiger partial charge in [-0.1, -0.05) is 29.8 Å². The van der Waals surface area contributed by atoms with Gasteiger partial charge in [-0.25, -0.2) is 8.78 Å². The molecule has 0 aliphatic rings. The molecular formula is C10H7Br2F5. The summed E-state index contributed by atoms with van der Waals surface area (Å²) in [6, 6.07) is 4.96. The highest BCUT2D eigenvalue weighted by molar-refractivity contribution is 9.12. The molecule has 0 aliphatic carbocycles. The van der Waals surface area contributed by atoms with Gasteiger partial charge < -0.3 is 0 Å². The van der Waals surface area contributed by atoms with Crippen LogP contribution in [0.15, 0.2) is 24.3 Å². The first-order valence-corrected chi connectivity index (χ1v) is 5.98. The lowest BCUT2D eigenvalue weighted by Gasteiger charge is -2.32. The van der Waals surface area contributed by atoms with Crippen LogP contribution >= 0.6 is 31.9 Å². The first-order chi connectivity index (χ1) is 7.50. The normalized spacial score (nSPS) is 19.5. The third-order valence-corrected chi connectivity index (χ3v) is 4.70. The first kappa shape index (κ1) is 14.9. The molecule has 0 saturated carbocycles. The molecule has 96 valence electrons. The number of halogens is 7. The second-order valence-corrected chi connectivity index (χ2v) is 5.70. The highest BCUT2D eigenvalue weighted by atomic mass is 79.9. The Balaban J connectivity index is 3.23. The SMILES string of the molecule is Cc1ccc([C@@](F)(Br)[C@@](F)(Br)C(F)(F)F)cc1. The van der Waals surface area contributed by atoms with E-state index in [1.807, 2.05) is 0 Å². The van der Waals surface area contributed by atoms with Gasteiger partial charge in [0.05, 0.1) is 0 Å². The molecule has 0 nitrogen and oxygen atoms in total. The highest BCUT2D eigenvalue weighted by Crippen LogP contribution is 2.56. The van der Waals surface area contributed by atoms with E-state index in [1.54, 1.807) is 22.9 Å². The van der Waals surface area contributed by atoms with Gasteiger partial charge >= 0.3 is 10.8 Å². The van der Waals surface area contributed by atoms with Crippen molar-refractivity contribution in [3.63, 3.8) is 0 Å². The van der Waals surface area contributed by atoms with E-state index in [-0.39, 0.29) is 0 Å². The Kier molecular flexibility index (Phi) is 3.94. The fourth-order valence-corrected chi connectivity index (χ4v) is 1.84. The summed E-state index contributed by atoms with van der Waals surface area (Å²) in [5.41, 5.74) is 0.267. The highest BCUT2D eigenvalue weighted by Gasteiger charge is 2.68. The molecular weight excluding hydrogens is 375 g/mol. The maximum Gasteiger partial charge on any atom is 0.437 e. The number of alkyl halides is 7. The van der Waals surface area contributed by atoms with Crippen LogP contribution in [0.2, 0.25) is 0 Å². The zero-order chi connectivity index (χ0) is 13.5. The predicted octanol–water partition coefficient (Wildman–Crippen LogP) is 5.14. The number of hydrogen-bond acceptors (Lipinski definition) is 0. The third kappa shape index (κ3) is 2.65. The van der Waals surface area contributed by atoms with Gasteiger partial charge in [-0.15, -0.1) is 0 Å². The average Bonchev–Trinajstić information content (AvgIpc) is 2.16. The summed E-state index contributed by atoms with van der Waals surface area (Å²) in [5.74, 6) is 0. The molecule has 1 aromatic rings. The monoisotopic (exact) mass is 380 g/mol. The van der Waals surface area contributed by atoms with Gasteiger partial charge in [0.25, 0.3) is 0 Å². The lowest BCUT2D eigenvalue weighted by molar-refractivity contribution is -0.214. The molecule has 0 aromatic heterocycles. The maximum atomic E-state index is 14.0. The molecule has 2 atom stereocenters. The van der Waals surface area contributed by atoms with Crippen molar-refractivity contribution in [2.24, 2.45) is 0 Å². The van der Waals surface area contributed by atoms with Crippen molar-refractivity contribution in [1.29, 1.82) is 0 Å². The van der Waals surface area contributed by atoms with E-state index in [4.69, 9.17) is 0 Å². The summed E-state index contributed by atoms with van der Waals surface area (Å²) in [6.07, 6.45) is -5.39. The Hall–Kier alpha value is -0.170. The summed E-state index contributed by atoms with van der Waals surface area (Å²) >= 11 is 3.93. The average molecular weight is 382 g/mol. The van der Waals surface area contributed by atoms with Gasteiger partial charge in [-0.05, 0) is 38.8 Å². The van der Waals surface area contributed by atoms with Crippen molar-refractivity contribution in [1.82, 2.24) is 0 Å². The quantitative estimate of drug-likeness (QED) is 0.491. The molecule has 0 bridgehead atoms. The van der Waals surface area contributed by atoms with E-state index < -0.39 is 20.9 Å². The van der Waals surface area contributed by atoms with E-state index in [0.717, 1.165) is 17.7 Å². The topological polar surface area (TPSA) is 0 Å². The van der Waals surface area contributed by atoms with Crippen molar-refractivity contribution in [2.75, 3.05) is 0 Å². The Labute approximate surface area is 111 Å². The van der Waals surface area contributed by atoms with Gasteiger partial charge in [-0.3, -0.25) is 0 Å². The van der Waals surface area contributed by atoms with Crippen LogP contribution in [-0.4, -0.2) is 10.8 Å².